The number of fused-ring (bicyclic) bond motifs is 1. The van der Waals surface area contributed by atoms with Crippen molar-refractivity contribution in [1.82, 2.24) is 15.5 Å². The zero-order chi connectivity index (χ0) is 19.5. The highest BCUT2D eigenvalue weighted by molar-refractivity contribution is 6.02. The van der Waals surface area contributed by atoms with E-state index in [-0.39, 0.29) is 31.0 Å². The first-order chi connectivity index (χ1) is 13.6. The average Bonchev–Trinajstić information content (AvgIpc) is 3.04. The molecule has 2 heterocycles. The van der Waals surface area contributed by atoms with Gasteiger partial charge < -0.3 is 20.1 Å². The summed E-state index contributed by atoms with van der Waals surface area (Å²) in [5.41, 5.74) is 1.14. The predicted molar refractivity (Wildman–Crippen MR) is 99.1 cm³/mol. The average molecular weight is 381 g/mol. The van der Waals surface area contributed by atoms with Gasteiger partial charge in [0.2, 0.25) is 5.91 Å². The number of ether oxygens (including phenoxy) is 2. The smallest absolute Gasteiger partial charge is 0.324 e. The molecule has 28 heavy (non-hydrogen) atoms. The fourth-order valence-corrected chi connectivity index (χ4v) is 3.08. The molecule has 0 spiro atoms. The number of hydrogen-bond acceptors (Lipinski definition) is 5. The largest absolute Gasteiger partial charge is 0.486 e. The molecule has 1 saturated heterocycles. The molecule has 1 atom stereocenters. The van der Waals surface area contributed by atoms with E-state index < -0.39 is 6.03 Å². The molecular formula is C20H19N3O5. The molecule has 2 aliphatic heterocycles. The first-order valence-corrected chi connectivity index (χ1v) is 8.94. The molecule has 0 unspecified atom stereocenters. The van der Waals surface area contributed by atoms with Crippen molar-refractivity contribution in [3.63, 3.8) is 0 Å². The highest BCUT2D eigenvalue weighted by Crippen LogP contribution is 2.30. The Hall–Kier alpha value is -3.55. The minimum Gasteiger partial charge on any atom is -0.486 e. The molecule has 2 N–H and O–H groups in total. The Morgan fingerprint density at radius 1 is 1.14 bits per heavy atom. The van der Waals surface area contributed by atoms with E-state index in [1.54, 1.807) is 24.3 Å². The van der Waals surface area contributed by atoms with Crippen LogP contribution in [-0.4, -0.2) is 48.5 Å². The number of carbonyl (C=O) groups is 3. The lowest BCUT2D eigenvalue weighted by atomic mass is 10.1. The SMILES string of the molecule is O=C(NC[C@@H]1COc2ccccc2O1)c1cccc(CN2C(=O)CNC2=O)c1. The summed E-state index contributed by atoms with van der Waals surface area (Å²) in [5.74, 6) is 0.804. The van der Waals surface area contributed by atoms with Crippen molar-refractivity contribution in [3.8, 4) is 11.5 Å². The van der Waals surface area contributed by atoms with E-state index >= 15 is 0 Å². The van der Waals surface area contributed by atoms with Crippen LogP contribution in [0.3, 0.4) is 0 Å². The van der Waals surface area contributed by atoms with E-state index in [2.05, 4.69) is 10.6 Å². The number of rotatable bonds is 5. The third kappa shape index (κ3) is 3.75. The van der Waals surface area contributed by atoms with Gasteiger partial charge in [-0.2, -0.15) is 0 Å². The van der Waals surface area contributed by atoms with Crippen LogP contribution in [-0.2, 0) is 11.3 Å². The molecule has 8 heteroatoms. The second-order valence-corrected chi connectivity index (χ2v) is 6.55. The number of nitrogens with one attached hydrogen (secondary N) is 2. The Kier molecular flexibility index (Phi) is 4.84. The Labute approximate surface area is 161 Å². The van der Waals surface area contributed by atoms with Crippen molar-refractivity contribution in [3.05, 3.63) is 59.7 Å². The third-order valence-electron chi connectivity index (χ3n) is 4.52. The molecule has 0 bridgehead atoms. The van der Waals surface area contributed by atoms with Crippen molar-refractivity contribution in [2.75, 3.05) is 19.7 Å². The van der Waals surface area contributed by atoms with Crippen LogP contribution in [0.2, 0.25) is 0 Å². The maximum absolute atomic E-state index is 12.5. The molecule has 0 radical (unpaired) electrons. The predicted octanol–water partition coefficient (Wildman–Crippen LogP) is 1.31. The summed E-state index contributed by atoms with van der Waals surface area (Å²) in [7, 11) is 0. The van der Waals surface area contributed by atoms with Crippen LogP contribution < -0.4 is 20.1 Å². The van der Waals surface area contributed by atoms with Crippen molar-refractivity contribution < 1.29 is 23.9 Å². The highest BCUT2D eigenvalue weighted by atomic mass is 16.6. The van der Waals surface area contributed by atoms with E-state index in [4.69, 9.17) is 9.47 Å². The van der Waals surface area contributed by atoms with Crippen LogP contribution in [0.1, 0.15) is 15.9 Å². The number of urea groups is 1. The molecule has 1 fully saturated rings. The minimum atomic E-state index is -0.422. The topological polar surface area (TPSA) is 97.0 Å². The molecule has 2 aliphatic rings. The van der Waals surface area contributed by atoms with Crippen molar-refractivity contribution in [2.45, 2.75) is 12.6 Å². The maximum Gasteiger partial charge on any atom is 0.324 e. The molecule has 8 nitrogen and oxygen atoms in total. The monoisotopic (exact) mass is 381 g/mol. The minimum absolute atomic E-state index is 0.00555. The lowest BCUT2D eigenvalue weighted by Gasteiger charge is -2.26. The highest BCUT2D eigenvalue weighted by Gasteiger charge is 2.28. The van der Waals surface area contributed by atoms with Crippen LogP contribution >= 0.6 is 0 Å². The number of para-hydroxylation sites is 2. The van der Waals surface area contributed by atoms with Gasteiger partial charge in [0.25, 0.3) is 5.91 Å². The zero-order valence-corrected chi connectivity index (χ0v) is 15.0. The van der Waals surface area contributed by atoms with Gasteiger partial charge in [-0.1, -0.05) is 24.3 Å². The molecule has 2 aromatic rings. The number of amides is 4. The normalized spacial score (nSPS) is 18.0. The van der Waals surface area contributed by atoms with Gasteiger partial charge in [-0.15, -0.1) is 0 Å². The second kappa shape index (κ2) is 7.59. The van der Waals surface area contributed by atoms with E-state index in [1.165, 1.54) is 0 Å². The van der Waals surface area contributed by atoms with Crippen LogP contribution in [0.15, 0.2) is 48.5 Å². The molecule has 144 valence electrons. The molecule has 4 rings (SSSR count). The van der Waals surface area contributed by atoms with E-state index in [0.717, 1.165) is 4.90 Å². The summed E-state index contributed by atoms with van der Waals surface area (Å²) in [6.07, 6.45) is -0.284. The molecule has 2 aromatic carbocycles. The van der Waals surface area contributed by atoms with Crippen molar-refractivity contribution in [1.29, 1.82) is 0 Å². The number of benzene rings is 2. The van der Waals surface area contributed by atoms with Crippen molar-refractivity contribution >= 4 is 17.8 Å². The van der Waals surface area contributed by atoms with E-state index in [0.29, 0.717) is 35.8 Å². The Bertz CT molecular complexity index is 914. The number of carbonyl (C=O) groups excluding carboxylic acids is 3. The van der Waals surface area contributed by atoms with Crippen LogP contribution in [0, 0.1) is 0 Å². The molecule has 0 aromatic heterocycles. The standard InChI is InChI=1S/C20H19N3O5/c24-18-10-22-20(26)23(18)11-13-4-3-5-14(8-13)19(25)21-9-15-12-27-16-6-1-2-7-17(16)28-15/h1-8,15H,9-12H2,(H,21,25)(H,22,26)/t15-/m1/s1. The molecule has 4 amide bonds. The van der Waals surface area contributed by atoms with Gasteiger partial charge in [0.05, 0.1) is 19.6 Å². The van der Waals surface area contributed by atoms with Crippen LogP contribution in [0.4, 0.5) is 4.79 Å². The summed E-state index contributed by atoms with van der Waals surface area (Å²) < 4.78 is 11.5. The van der Waals surface area contributed by atoms with E-state index in [9.17, 15) is 14.4 Å². The lowest BCUT2D eigenvalue weighted by molar-refractivity contribution is -0.125. The quantitative estimate of drug-likeness (QED) is 0.761. The Balaban J connectivity index is 1.35. The van der Waals surface area contributed by atoms with Crippen molar-refractivity contribution in [2.24, 2.45) is 0 Å². The van der Waals surface area contributed by atoms with E-state index in [1.807, 2.05) is 24.3 Å². The van der Waals surface area contributed by atoms with Gasteiger partial charge in [-0.25, -0.2) is 4.79 Å². The lowest BCUT2D eigenvalue weighted by Crippen LogP contribution is -2.40. The fraction of sp³-hybridized carbons (Fsp3) is 0.250. The number of hydrogen-bond donors (Lipinski definition) is 2. The molecular weight excluding hydrogens is 362 g/mol. The first kappa shape index (κ1) is 17.8. The second-order valence-electron chi connectivity index (χ2n) is 6.55. The Morgan fingerprint density at radius 3 is 2.75 bits per heavy atom. The maximum atomic E-state index is 12.5. The summed E-state index contributed by atoms with van der Waals surface area (Å²) in [5, 5.41) is 5.31. The molecule has 0 aliphatic carbocycles. The van der Waals surface area contributed by atoms with Gasteiger partial charge in [0, 0.05) is 5.56 Å². The number of nitrogens with zero attached hydrogens (tertiary/aromatic N) is 1. The third-order valence-corrected chi connectivity index (χ3v) is 4.52. The van der Waals surface area contributed by atoms with Gasteiger partial charge in [0.1, 0.15) is 12.7 Å². The Morgan fingerprint density at radius 2 is 1.96 bits per heavy atom. The van der Waals surface area contributed by atoms with Crippen LogP contribution in [0.25, 0.3) is 0 Å². The number of imide groups is 1. The fourth-order valence-electron chi connectivity index (χ4n) is 3.08. The first-order valence-electron chi connectivity index (χ1n) is 8.94. The summed E-state index contributed by atoms with van der Waals surface area (Å²) >= 11 is 0. The van der Waals surface area contributed by atoms with Gasteiger partial charge >= 0.3 is 6.03 Å². The van der Waals surface area contributed by atoms with Gasteiger partial charge in [0.15, 0.2) is 11.5 Å². The molecule has 0 saturated carbocycles. The summed E-state index contributed by atoms with van der Waals surface area (Å²) in [6, 6.07) is 13.8. The zero-order valence-electron chi connectivity index (χ0n) is 15.0. The summed E-state index contributed by atoms with van der Waals surface area (Å²) in [6.45, 7) is 0.779. The van der Waals surface area contributed by atoms with Gasteiger partial charge in [-0.3, -0.25) is 14.5 Å². The van der Waals surface area contributed by atoms with Gasteiger partial charge in [-0.05, 0) is 29.8 Å². The summed E-state index contributed by atoms with van der Waals surface area (Å²) in [4.78, 5) is 37.0. The van der Waals surface area contributed by atoms with Crippen LogP contribution in [0.5, 0.6) is 11.5 Å².